The van der Waals surface area contributed by atoms with Gasteiger partial charge in [0.2, 0.25) is 0 Å². The first-order valence-corrected chi connectivity index (χ1v) is 7.93. The third kappa shape index (κ3) is 4.85. The van der Waals surface area contributed by atoms with Crippen molar-refractivity contribution >= 4 is 70.1 Å². The van der Waals surface area contributed by atoms with Gasteiger partial charge < -0.3 is 5.32 Å². The molecule has 0 radical (unpaired) electrons. The minimum Gasteiger partial charge on any atom is -0.318 e. The van der Waals surface area contributed by atoms with Crippen molar-refractivity contribution in [2.24, 2.45) is 5.10 Å². The quantitative estimate of drug-likeness (QED) is 0.452. The molecule has 0 fully saturated rings. The maximum absolute atomic E-state index is 11.8. The standard InChI is InChI=1S/C15H9Cl4N3O2/c16-10-2-1-3-11(17)9(10)7-20-22-15(24)14(23)21-8-4-5-12(18)13(19)6-8/h1-7H,(H,21,23)(H,22,24)/b20-7-. The summed E-state index contributed by atoms with van der Waals surface area (Å²) in [5, 5.41) is 7.33. The molecule has 0 aromatic heterocycles. The Kier molecular flexibility index (Phi) is 6.45. The lowest BCUT2D eigenvalue weighted by molar-refractivity contribution is -0.136. The molecule has 0 saturated heterocycles. The maximum Gasteiger partial charge on any atom is 0.329 e. The van der Waals surface area contributed by atoms with E-state index in [9.17, 15) is 9.59 Å². The van der Waals surface area contributed by atoms with Crippen molar-refractivity contribution in [1.29, 1.82) is 0 Å². The molecule has 2 aromatic rings. The first-order chi connectivity index (χ1) is 11.4. The molecule has 2 amide bonds. The Balaban J connectivity index is 1.98. The summed E-state index contributed by atoms with van der Waals surface area (Å²) < 4.78 is 0. The minimum absolute atomic E-state index is 0.251. The van der Waals surface area contributed by atoms with Crippen molar-refractivity contribution in [3.05, 3.63) is 62.1 Å². The second-order valence-electron chi connectivity index (χ2n) is 4.42. The van der Waals surface area contributed by atoms with E-state index in [1.54, 1.807) is 18.2 Å². The van der Waals surface area contributed by atoms with Crippen LogP contribution in [0.15, 0.2) is 41.5 Å². The van der Waals surface area contributed by atoms with E-state index in [0.717, 1.165) is 0 Å². The fourth-order valence-corrected chi connectivity index (χ4v) is 2.40. The summed E-state index contributed by atoms with van der Waals surface area (Å²) >= 11 is 23.5. The van der Waals surface area contributed by atoms with Gasteiger partial charge in [-0.2, -0.15) is 5.10 Å². The van der Waals surface area contributed by atoms with Crippen LogP contribution in [0.2, 0.25) is 20.1 Å². The van der Waals surface area contributed by atoms with Gasteiger partial charge in [-0.05, 0) is 30.3 Å². The smallest absolute Gasteiger partial charge is 0.318 e. The zero-order valence-electron chi connectivity index (χ0n) is 11.8. The Labute approximate surface area is 157 Å². The fraction of sp³-hybridized carbons (Fsp3) is 0. The number of carbonyl (C=O) groups excluding carboxylic acids is 2. The van der Waals surface area contributed by atoms with Crippen molar-refractivity contribution in [3.63, 3.8) is 0 Å². The SMILES string of the molecule is O=C(N/N=C\c1c(Cl)cccc1Cl)C(=O)Nc1ccc(Cl)c(Cl)c1. The number of hydrogen-bond acceptors (Lipinski definition) is 3. The average molecular weight is 405 g/mol. The highest BCUT2D eigenvalue weighted by atomic mass is 35.5. The molecule has 0 unspecified atom stereocenters. The lowest BCUT2D eigenvalue weighted by Gasteiger charge is -2.05. The van der Waals surface area contributed by atoms with E-state index in [2.05, 4.69) is 15.8 Å². The van der Waals surface area contributed by atoms with Gasteiger partial charge >= 0.3 is 11.8 Å². The van der Waals surface area contributed by atoms with Gasteiger partial charge in [0.05, 0.1) is 26.3 Å². The highest BCUT2D eigenvalue weighted by Crippen LogP contribution is 2.25. The van der Waals surface area contributed by atoms with Crippen molar-refractivity contribution in [1.82, 2.24) is 5.43 Å². The van der Waals surface area contributed by atoms with Crippen LogP contribution in [0.25, 0.3) is 0 Å². The van der Waals surface area contributed by atoms with E-state index in [1.165, 1.54) is 24.4 Å². The number of benzene rings is 2. The summed E-state index contributed by atoms with van der Waals surface area (Å²) in [7, 11) is 0. The van der Waals surface area contributed by atoms with Crippen molar-refractivity contribution in [2.45, 2.75) is 0 Å². The van der Waals surface area contributed by atoms with Crippen LogP contribution >= 0.6 is 46.4 Å². The zero-order valence-corrected chi connectivity index (χ0v) is 14.8. The molecule has 0 heterocycles. The molecule has 124 valence electrons. The van der Waals surface area contributed by atoms with Gasteiger partial charge in [0.1, 0.15) is 0 Å². The largest absolute Gasteiger partial charge is 0.329 e. The predicted molar refractivity (Wildman–Crippen MR) is 97.3 cm³/mol. The van der Waals surface area contributed by atoms with Gasteiger partial charge in [0, 0.05) is 11.3 Å². The van der Waals surface area contributed by atoms with Gasteiger partial charge in [-0.3, -0.25) is 9.59 Å². The van der Waals surface area contributed by atoms with E-state index in [4.69, 9.17) is 46.4 Å². The van der Waals surface area contributed by atoms with Gasteiger partial charge in [0.15, 0.2) is 0 Å². The van der Waals surface area contributed by atoms with Crippen LogP contribution in [-0.2, 0) is 9.59 Å². The van der Waals surface area contributed by atoms with E-state index in [0.29, 0.717) is 26.3 Å². The number of carbonyl (C=O) groups is 2. The van der Waals surface area contributed by atoms with Crippen LogP contribution in [0.5, 0.6) is 0 Å². The lowest BCUT2D eigenvalue weighted by Crippen LogP contribution is -2.32. The second-order valence-corrected chi connectivity index (χ2v) is 6.05. The second kappa shape index (κ2) is 8.35. The molecule has 5 nitrogen and oxygen atoms in total. The summed E-state index contributed by atoms with van der Waals surface area (Å²) in [6, 6.07) is 9.33. The molecule has 2 aromatic carbocycles. The normalized spacial score (nSPS) is 10.7. The van der Waals surface area contributed by atoms with Crippen LogP contribution < -0.4 is 10.7 Å². The molecule has 24 heavy (non-hydrogen) atoms. The number of halogens is 4. The summed E-state index contributed by atoms with van der Waals surface area (Å²) in [6.07, 6.45) is 1.25. The Hall–Kier alpha value is -1.79. The zero-order chi connectivity index (χ0) is 17.7. The van der Waals surface area contributed by atoms with Gasteiger partial charge in [-0.15, -0.1) is 0 Å². The topological polar surface area (TPSA) is 70.6 Å². The van der Waals surface area contributed by atoms with Crippen LogP contribution in [-0.4, -0.2) is 18.0 Å². The van der Waals surface area contributed by atoms with Crippen LogP contribution in [0.4, 0.5) is 5.69 Å². The van der Waals surface area contributed by atoms with Crippen LogP contribution in [0.3, 0.4) is 0 Å². The van der Waals surface area contributed by atoms with Crippen molar-refractivity contribution in [2.75, 3.05) is 5.32 Å². The lowest BCUT2D eigenvalue weighted by atomic mass is 10.2. The summed E-state index contributed by atoms with van der Waals surface area (Å²) in [4.78, 5) is 23.5. The Morgan fingerprint density at radius 1 is 0.875 bits per heavy atom. The van der Waals surface area contributed by atoms with Gasteiger partial charge in [-0.1, -0.05) is 52.5 Å². The van der Waals surface area contributed by atoms with Gasteiger partial charge in [-0.25, -0.2) is 5.43 Å². The van der Waals surface area contributed by atoms with E-state index >= 15 is 0 Å². The van der Waals surface area contributed by atoms with Crippen LogP contribution in [0.1, 0.15) is 5.56 Å². The molecule has 2 N–H and O–H groups in total. The van der Waals surface area contributed by atoms with E-state index in [1.807, 2.05) is 0 Å². The number of nitrogens with one attached hydrogen (secondary N) is 2. The molecule has 9 heteroatoms. The van der Waals surface area contributed by atoms with Gasteiger partial charge in [0.25, 0.3) is 0 Å². The molecule has 0 aliphatic rings. The minimum atomic E-state index is -0.972. The monoisotopic (exact) mass is 403 g/mol. The first kappa shape index (κ1) is 18.5. The predicted octanol–water partition coefficient (Wildman–Crippen LogP) is 4.39. The molecule has 0 saturated carbocycles. The van der Waals surface area contributed by atoms with E-state index < -0.39 is 11.8 Å². The summed E-state index contributed by atoms with van der Waals surface area (Å²) in [5.41, 5.74) is 2.82. The average Bonchev–Trinajstić information content (AvgIpc) is 2.53. The van der Waals surface area contributed by atoms with Crippen molar-refractivity contribution in [3.8, 4) is 0 Å². The highest BCUT2D eigenvalue weighted by Gasteiger charge is 2.13. The Bertz CT molecular complexity index is 804. The molecule has 0 bridgehead atoms. The number of hydrogen-bond donors (Lipinski definition) is 2. The number of rotatable bonds is 3. The number of amides is 2. The first-order valence-electron chi connectivity index (χ1n) is 6.42. The molecule has 0 spiro atoms. The molecule has 2 rings (SSSR count). The summed E-state index contributed by atoms with van der Waals surface area (Å²) in [6.45, 7) is 0. The molecule has 0 aliphatic heterocycles. The maximum atomic E-state index is 11.8. The molecule has 0 atom stereocenters. The fourth-order valence-electron chi connectivity index (χ4n) is 1.60. The molecule has 0 aliphatic carbocycles. The Morgan fingerprint density at radius 3 is 2.17 bits per heavy atom. The van der Waals surface area contributed by atoms with Crippen LogP contribution in [0, 0.1) is 0 Å². The third-order valence-corrected chi connectivity index (χ3v) is 4.14. The molecular weight excluding hydrogens is 396 g/mol. The summed E-state index contributed by atoms with van der Waals surface area (Å²) in [5.74, 6) is -1.89. The molecular formula is C15H9Cl4N3O2. The Morgan fingerprint density at radius 2 is 1.54 bits per heavy atom. The van der Waals surface area contributed by atoms with E-state index in [-0.39, 0.29) is 5.02 Å². The van der Waals surface area contributed by atoms with Crippen molar-refractivity contribution < 1.29 is 9.59 Å². The number of nitrogens with zero attached hydrogens (tertiary/aromatic N) is 1. The third-order valence-electron chi connectivity index (χ3n) is 2.74. The number of anilines is 1. The highest BCUT2D eigenvalue weighted by molar-refractivity contribution is 6.43. The number of hydrazone groups is 1.